The van der Waals surface area contributed by atoms with Crippen molar-refractivity contribution in [2.75, 3.05) is 17.2 Å². The Kier molecular flexibility index (Phi) is 4.96. The molecular formula is C26H22N2O8. The summed E-state index contributed by atoms with van der Waals surface area (Å²) >= 11 is 0. The van der Waals surface area contributed by atoms with Crippen molar-refractivity contribution in [1.82, 2.24) is 0 Å². The lowest BCUT2D eigenvalue weighted by Crippen LogP contribution is -2.40. The monoisotopic (exact) mass is 490 g/mol. The largest absolute Gasteiger partial charge is 0.507 e. The topological polar surface area (TPSA) is 151 Å². The summed E-state index contributed by atoms with van der Waals surface area (Å²) in [6, 6.07) is 4.92. The molecule has 2 aliphatic heterocycles. The summed E-state index contributed by atoms with van der Waals surface area (Å²) in [7, 11) is 0. The van der Waals surface area contributed by atoms with Gasteiger partial charge in [-0.25, -0.2) is 0 Å². The van der Waals surface area contributed by atoms with Crippen LogP contribution in [0, 0.1) is 6.92 Å². The molecular weight excluding hydrogens is 468 g/mol. The van der Waals surface area contributed by atoms with Crippen LogP contribution in [0.1, 0.15) is 42.3 Å². The summed E-state index contributed by atoms with van der Waals surface area (Å²) in [6.45, 7) is 5.59. The number of allylic oxidation sites excluding steroid dienone is 4. The van der Waals surface area contributed by atoms with Crippen LogP contribution in [-0.4, -0.2) is 40.1 Å². The Morgan fingerprint density at radius 1 is 1.14 bits per heavy atom. The Morgan fingerprint density at radius 3 is 2.56 bits per heavy atom. The van der Waals surface area contributed by atoms with Crippen molar-refractivity contribution in [1.29, 1.82) is 0 Å². The highest BCUT2D eigenvalue weighted by atomic mass is 16.5. The van der Waals surface area contributed by atoms with E-state index in [-0.39, 0.29) is 57.7 Å². The van der Waals surface area contributed by atoms with Crippen molar-refractivity contribution < 1.29 is 38.9 Å². The predicted molar refractivity (Wildman–Crippen MR) is 127 cm³/mol. The molecule has 2 aromatic carbocycles. The van der Waals surface area contributed by atoms with Gasteiger partial charge in [-0.05, 0) is 39.8 Å². The minimum Gasteiger partial charge on any atom is -0.507 e. The van der Waals surface area contributed by atoms with E-state index in [2.05, 4.69) is 10.6 Å². The number of phenolic OH excluding ortho intramolecular Hbond substituents is 2. The van der Waals surface area contributed by atoms with Crippen LogP contribution in [0.3, 0.4) is 0 Å². The Hall–Kier alpha value is -4.60. The molecule has 10 heteroatoms. The first-order chi connectivity index (χ1) is 16.9. The number of Topliss-reactive ketones (excluding diaryl/α,β-unsaturated/α-hetero) is 2. The molecule has 0 fully saturated rings. The van der Waals surface area contributed by atoms with E-state index in [4.69, 9.17) is 9.47 Å². The number of aromatic hydroxyl groups is 2. The van der Waals surface area contributed by atoms with Crippen LogP contribution in [-0.2, 0) is 19.8 Å². The number of anilines is 2. The maximum Gasteiger partial charge on any atom is 0.262 e. The van der Waals surface area contributed by atoms with E-state index in [9.17, 15) is 29.4 Å². The number of fused-ring (bicyclic) bond motifs is 4. The first kappa shape index (κ1) is 23.2. The van der Waals surface area contributed by atoms with Crippen molar-refractivity contribution in [2.45, 2.75) is 33.1 Å². The first-order valence-electron chi connectivity index (χ1n) is 11.1. The number of ether oxygens (including phenoxy) is 2. The van der Waals surface area contributed by atoms with Gasteiger partial charge >= 0.3 is 0 Å². The summed E-state index contributed by atoms with van der Waals surface area (Å²) in [5.41, 5.74) is -0.610. The smallest absolute Gasteiger partial charge is 0.262 e. The molecule has 0 radical (unpaired) electrons. The normalized spacial score (nSPS) is 21.3. The number of benzene rings is 2. The fourth-order valence-corrected chi connectivity index (χ4v) is 4.79. The molecule has 184 valence electrons. The van der Waals surface area contributed by atoms with Gasteiger partial charge in [-0.15, -0.1) is 0 Å². The average Bonchev–Trinajstić information content (AvgIpc) is 3.10. The average molecular weight is 490 g/mol. The van der Waals surface area contributed by atoms with Gasteiger partial charge in [0, 0.05) is 29.1 Å². The first-order valence-corrected chi connectivity index (χ1v) is 11.1. The number of phenols is 2. The Balaban J connectivity index is 1.60. The second-order valence-electron chi connectivity index (χ2n) is 9.06. The predicted octanol–water partition coefficient (Wildman–Crippen LogP) is 3.01. The van der Waals surface area contributed by atoms with Gasteiger partial charge in [0.25, 0.3) is 5.91 Å². The summed E-state index contributed by atoms with van der Waals surface area (Å²) in [4.78, 5) is 50.7. The van der Waals surface area contributed by atoms with Crippen molar-refractivity contribution in [3.05, 3.63) is 58.0 Å². The molecule has 1 atom stereocenters. The Labute approximate surface area is 205 Å². The van der Waals surface area contributed by atoms with Gasteiger partial charge in [-0.1, -0.05) is 0 Å². The Bertz CT molecular complexity index is 1500. The quantitative estimate of drug-likeness (QED) is 0.289. The highest BCUT2D eigenvalue weighted by Crippen LogP contribution is 2.57. The molecule has 0 saturated carbocycles. The molecule has 10 nitrogen and oxygen atoms in total. The van der Waals surface area contributed by atoms with Gasteiger partial charge < -0.3 is 30.3 Å². The van der Waals surface area contributed by atoms with Crippen LogP contribution in [0.4, 0.5) is 11.4 Å². The van der Waals surface area contributed by atoms with E-state index in [1.54, 1.807) is 25.1 Å². The molecule has 1 aliphatic carbocycles. The molecule has 0 saturated heterocycles. The number of ketones is 3. The Morgan fingerprint density at radius 2 is 1.86 bits per heavy atom. The molecule has 0 unspecified atom stereocenters. The van der Waals surface area contributed by atoms with E-state index in [0.717, 1.165) is 6.08 Å². The van der Waals surface area contributed by atoms with E-state index >= 15 is 0 Å². The maximum absolute atomic E-state index is 13.9. The molecule has 0 bridgehead atoms. The SMILES string of the molecule is CC(=O)c1c(O)c(C)c(O)c2c1OC1=CC(=O)C(=C(C)Nc3ccc4c(c3)OCC(=O)N4)C(=O)[C@@]12C. The molecule has 5 rings (SSSR count). The molecule has 1 amide bonds. The van der Waals surface area contributed by atoms with E-state index in [1.807, 2.05) is 0 Å². The summed E-state index contributed by atoms with van der Waals surface area (Å²) < 4.78 is 11.2. The highest BCUT2D eigenvalue weighted by Gasteiger charge is 2.56. The fraction of sp³-hybridized carbons (Fsp3) is 0.231. The molecule has 4 N–H and O–H groups in total. The lowest BCUT2D eigenvalue weighted by molar-refractivity contribution is -0.123. The number of hydrogen-bond acceptors (Lipinski definition) is 9. The van der Waals surface area contributed by atoms with Crippen molar-refractivity contribution >= 4 is 34.6 Å². The van der Waals surface area contributed by atoms with Crippen LogP contribution in [0.15, 0.2) is 41.3 Å². The molecule has 0 aromatic heterocycles. The number of carbonyl (C=O) groups excluding carboxylic acids is 4. The summed E-state index contributed by atoms with van der Waals surface area (Å²) in [6.07, 6.45) is 1.16. The molecule has 2 aromatic rings. The van der Waals surface area contributed by atoms with Crippen molar-refractivity contribution in [3.8, 4) is 23.0 Å². The number of carbonyl (C=O) groups is 4. The van der Waals surface area contributed by atoms with Gasteiger partial charge in [0.2, 0.25) is 0 Å². The van der Waals surface area contributed by atoms with Crippen LogP contribution >= 0.6 is 0 Å². The van der Waals surface area contributed by atoms with Gasteiger partial charge in [-0.2, -0.15) is 0 Å². The summed E-state index contributed by atoms with van der Waals surface area (Å²) in [5.74, 6) is -2.62. The van der Waals surface area contributed by atoms with Gasteiger partial charge in [-0.3, -0.25) is 19.2 Å². The molecule has 0 spiro atoms. The molecule has 36 heavy (non-hydrogen) atoms. The van der Waals surface area contributed by atoms with Crippen molar-refractivity contribution in [3.63, 3.8) is 0 Å². The molecule has 2 heterocycles. The van der Waals surface area contributed by atoms with Gasteiger partial charge in [0.1, 0.15) is 39.7 Å². The number of amides is 1. The number of nitrogens with one attached hydrogen (secondary N) is 2. The second kappa shape index (κ2) is 7.70. The van der Waals surface area contributed by atoms with Gasteiger partial charge in [0.15, 0.2) is 24.0 Å². The van der Waals surface area contributed by atoms with Crippen LogP contribution in [0.25, 0.3) is 0 Å². The zero-order valence-electron chi connectivity index (χ0n) is 19.9. The minimum atomic E-state index is -1.60. The zero-order valence-corrected chi connectivity index (χ0v) is 19.9. The van der Waals surface area contributed by atoms with E-state index in [1.165, 1.54) is 20.8 Å². The standard InChI is InChI=1S/C26H22N2O8/c1-10-22(32)20(12(3)29)24-21(23(10)33)26(4)17(36-24)8-15(30)19(25(26)34)11(2)27-13-5-6-14-16(7-13)35-9-18(31)28-14/h5-8,27,32-33H,9H2,1-4H3,(H,28,31)/t26-/m0/s1. The third-order valence-corrected chi connectivity index (χ3v) is 6.71. The van der Waals surface area contributed by atoms with Crippen LogP contribution in [0.2, 0.25) is 0 Å². The van der Waals surface area contributed by atoms with Gasteiger partial charge in [0.05, 0.1) is 16.8 Å². The lowest BCUT2D eigenvalue weighted by Gasteiger charge is -2.29. The third kappa shape index (κ3) is 3.10. The second-order valence-corrected chi connectivity index (χ2v) is 9.06. The van der Waals surface area contributed by atoms with E-state index in [0.29, 0.717) is 17.1 Å². The minimum absolute atomic E-state index is 0.0231. The fourth-order valence-electron chi connectivity index (χ4n) is 4.79. The highest BCUT2D eigenvalue weighted by molar-refractivity contribution is 6.31. The van der Waals surface area contributed by atoms with Crippen molar-refractivity contribution in [2.24, 2.45) is 0 Å². The zero-order chi connectivity index (χ0) is 26.1. The number of rotatable bonds is 3. The third-order valence-electron chi connectivity index (χ3n) is 6.71. The summed E-state index contributed by atoms with van der Waals surface area (Å²) in [5, 5.41) is 27.1. The van der Waals surface area contributed by atoms with E-state index < -0.39 is 28.5 Å². The van der Waals surface area contributed by atoms with Crippen LogP contribution in [0.5, 0.6) is 23.0 Å². The maximum atomic E-state index is 13.9. The van der Waals surface area contributed by atoms with Crippen LogP contribution < -0.4 is 20.1 Å². The number of hydrogen-bond donors (Lipinski definition) is 4. The lowest BCUT2D eigenvalue weighted by atomic mass is 9.70. The molecule has 3 aliphatic rings.